The largest absolute Gasteiger partial charge is 0.462 e. The molecule has 0 bridgehead atoms. The van der Waals surface area contributed by atoms with Crippen molar-refractivity contribution in [1.82, 2.24) is 0 Å². The summed E-state index contributed by atoms with van der Waals surface area (Å²) in [4.78, 5) is 38.4. The fourth-order valence-corrected chi connectivity index (χ4v) is 9.92. The minimum absolute atomic E-state index is 0.0885. The SMILES string of the molecule is CC/C=C\C/C=C\C/C=C\C/C=C\C/C=C\C/C=C\CCCCC(=O)OC(COC(=O)CCCCCCCCCCCCCCCCCC)COC(=O)CCCCCCCCCCCCCCCCCCCCCCCCC. The number of ether oxygens (including phenoxy) is 3. The maximum Gasteiger partial charge on any atom is 0.306 e. The van der Waals surface area contributed by atoms with Gasteiger partial charge >= 0.3 is 17.9 Å². The third-order valence-corrected chi connectivity index (χ3v) is 15.0. The first kappa shape index (κ1) is 74.8. The second-order valence-electron chi connectivity index (χ2n) is 22.7. The molecule has 6 nitrogen and oxygen atoms in total. The predicted molar refractivity (Wildman–Crippen MR) is 339 cm³/mol. The van der Waals surface area contributed by atoms with Crippen LogP contribution in [0.5, 0.6) is 0 Å². The molecule has 1 unspecified atom stereocenters. The second kappa shape index (κ2) is 66.4. The number of esters is 3. The highest BCUT2D eigenvalue weighted by Gasteiger charge is 2.19. The van der Waals surface area contributed by atoms with Crippen LogP contribution in [-0.4, -0.2) is 37.2 Å². The van der Waals surface area contributed by atoms with Gasteiger partial charge in [0.2, 0.25) is 0 Å². The van der Waals surface area contributed by atoms with Crippen molar-refractivity contribution in [2.45, 2.75) is 354 Å². The third kappa shape index (κ3) is 63.7. The van der Waals surface area contributed by atoms with Crippen LogP contribution in [0, 0.1) is 0 Å². The van der Waals surface area contributed by atoms with Crippen molar-refractivity contribution in [3.8, 4) is 0 Å². The van der Waals surface area contributed by atoms with E-state index in [1.165, 1.54) is 212 Å². The number of carbonyl (C=O) groups excluding carboxylic acids is 3. The summed E-state index contributed by atoms with van der Waals surface area (Å²) in [5, 5.41) is 0. The zero-order chi connectivity index (χ0) is 56.4. The van der Waals surface area contributed by atoms with Gasteiger partial charge < -0.3 is 14.2 Å². The van der Waals surface area contributed by atoms with Crippen molar-refractivity contribution in [3.63, 3.8) is 0 Å². The van der Waals surface area contributed by atoms with Gasteiger partial charge in [-0.15, -0.1) is 0 Å². The number of rotatable bonds is 62. The number of hydrogen-bond donors (Lipinski definition) is 0. The van der Waals surface area contributed by atoms with Crippen LogP contribution in [0.2, 0.25) is 0 Å². The Balaban J connectivity index is 4.38. The Morgan fingerprint density at radius 2 is 0.500 bits per heavy atom. The van der Waals surface area contributed by atoms with Gasteiger partial charge in [0.1, 0.15) is 13.2 Å². The zero-order valence-electron chi connectivity index (χ0n) is 51.9. The minimum atomic E-state index is -0.797. The summed E-state index contributed by atoms with van der Waals surface area (Å²) in [6.07, 6.45) is 86.4. The van der Waals surface area contributed by atoms with E-state index in [0.717, 1.165) is 89.9 Å². The topological polar surface area (TPSA) is 78.9 Å². The molecule has 1 atom stereocenters. The van der Waals surface area contributed by atoms with Gasteiger partial charge in [-0.2, -0.15) is 0 Å². The Morgan fingerprint density at radius 3 is 0.782 bits per heavy atom. The molecular weight excluding hydrogens is 961 g/mol. The fraction of sp³-hybridized carbons (Fsp3) is 0.792. The molecule has 6 heteroatoms. The lowest BCUT2D eigenvalue weighted by Gasteiger charge is -2.18. The van der Waals surface area contributed by atoms with Crippen LogP contribution in [0.25, 0.3) is 0 Å². The first-order valence-electron chi connectivity index (χ1n) is 33.9. The monoisotopic (exact) mass is 1090 g/mol. The average molecular weight is 1090 g/mol. The van der Waals surface area contributed by atoms with Crippen LogP contribution in [0.4, 0.5) is 0 Å². The molecule has 0 aliphatic rings. The Labute approximate surface area is 484 Å². The van der Waals surface area contributed by atoms with E-state index in [4.69, 9.17) is 14.2 Å². The molecule has 0 aliphatic heterocycles. The molecule has 452 valence electrons. The second-order valence-corrected chi connectivity index (χ2v) is 22.7. The molecule has 0 radical (unpaired) electrons. The van der Waals surface area contributed by atoms with Gasteiger partial charge in [0.05, 0.1) is 0 Å². The summed E-state index contributed by atoms with van der Waals surface area (Å²) in [5.74, 6) is -0.910. The van der Waals surface area contributed by atoms with Crippen LogP contribution in [0.3, 0.4) is 0 Å². The molecule has 0 aromatic rings. The van der Waals surface area contributed by atoms with Gasteiger partial charge in [0.25, 0.3) is 0 Å². The van der Waals surface area contributed by atoms with Crippen molar-refractivity contribution >= 4 is 17.9 Å². The predicted octanol–water partition coefficient (Wildman–Crippen LogP) is 23.3. The molecule has 0 fully saturated rings. The first-order valence-corrected chi connectivity index (χ1v) is 33.9. The quantitative estimate of drug-likeness (QED) is 0.0261. The van der Waals surface area contributed by atoms with Crippen molar-refractivity contribution in [2.75, 3.05) is 13.2 Å². The third-order valence-electron chi connectivity index (χ3n) is 15.0. The smallest absolute Gasteiger partial charge is 0.306 e. The number of unbranched alkanes of at least 4 members (excludes halogenated alkanes) is 39. The summed E-state index contributed by atoms with van der Waals surface area (Å²) >= 11 is 0. The molecular formula is C72H128O6. The molecule has 0 N–H and O–H groups in total. The maximum absolute atomic E-state index is 12.9. The fourth-order valence-electron chi connectivity index (χ4n) is 9.92. The lowest BCUT2D eigenvalue weighted by Crippen LogP contribution is -2.30. The summed E-state index contributed by atoms with van der Waals surface area (Å²) in [7, 11) is 0. The van der Waals surface area contributed by atoms with E-state index >= 15 is 0 Å². The standard InChI is InChI=1S/C72H128O6/c1-4-7-10-13-16-19-22-25-28-31-33-35-36-38-39-41-44-47-50-53-56-59-62-65-71(74)77-68-69(67-76-70(73)64-61-58-55-52-49-46-43-30-27-24-21-18-15-12-9-6-3)78-72(75)66-63-60-57-54-51-48-45-42-40-37-34-32-29-26-23-20-17-14-11-8-5-2/h8,11,17,20,26,29,34,37,42,45,51,54,69H,4-7,9-10,12-16,18-19,21-25,27-28,30-33,35-36,38-41,43-44,46-50,52-53,55-68H2,1-3H3/b11-8-,20-17-,29-26-,37-34-,45-42-,54-51-. The highest BCUT2D eigenvalue weighted by molar-refractivity contribution is 5.71. The van der Waals surface area contributed by atoms with Crippen LogP contribution in [-0.2, 0) is 28.6 Å². The van der Waals surface area contributed by atoms with Gasteiger partial charge in [-0.3, -0.25) is 14.4 Å². The van der Waals surface area contributed by atoms with Crippen LogP contribution in [0.1, 0.15) is 348 Å². The molecule has 0 spiro atoms. The minimum Gasteiger partial charge on any atom is -0.462 e. The highest BCUT2D eigenvalue weighted by atomic mass is 16.6. The van der Waals surface area contributed by atoms with E-state index in [-0.39, 0.29) is 37.5 Å². The zero-order valence-corrected chi connectivity index (χ0v) is 51.9. The molecule has 0 aromatic heterocycles. The van der Waals surface area contributed by atoms with Gasteiger partial charge in [0, 0.05) is 19.3 Å². The summed E-state index contributed by atoms with van der Waals surface area (Å²) in [5.41, 5.74) is 0. The molecule has 0 aliphatic carbocycles. The number of allylic oxidation sites excluding steroid dienone is 12. The van der Waals surface area contributed by atoms with E-state index in [2.05, 4.69) is 93.7 Å². The molecule has 0 heterocycles. The van der Waals surface area contributed by atoms with Crippen molar-refractivity contribution < 1.29 is 28.6 Å². The van der Waals surface area contributed by atoms with Crippen molar-refractivity contribution in [2.24, 2.45) is 0 Å². The maximum atomic E-state index is 12.9. The van der Waals surface area contributed by atoms with Gasteiger partial charge in [0.15, 0.2) is 6.10 Å². The Hall–Kier alpha value is -3.15. The Morgan fingerprint density at radius 1 is 0.269 bits per heavy atom. The van der Waals surface area contributed by atoms with E-state index in [9.17, 15) is 14.4 Å². The van der Waals surface area contributed by atoms with E-state index in [0.29, 0.717) is 19.3 Å². The Bertz CT molecular complexity index is 1440. The first-order chi connectivity index (χ1) is 38.5. The highest BCUT2D eigenvalue weighted by Crippen LogP contribution is 2.18. The van der Waals surface area contributed by atoms with Gasteiger partial charge in [-0.25, -0.2) is 0 Å². The molecule has 0 rings (SSSR count). The van der Waals surface area contributed by atoms with Crippen molar-refractivity contribution in [1.29, 1.82) is 0 Å². The van der Waals surface area contributed by atoms with E-state index < -0.39 is 6.10 Å². The van der Waals surface area contributed by atoms with Gasteiger partial charge in [-0.1, -0.05) is 331 Å². The summed E-state index contributed by atoms with van der Waals surface area (Å²) in [6.45, 7) is 6.55. The lowest BCUT2D eigenvalue weighted by molar-refractivity contribution is -0.167. The van der Waals surface area contributed by atoms with Crippen LogP contribution < -0.4 is 0 Å². The van der Waals surface area contributed by atoms with Crippen LogP contribution in [0.15, 0.2) is 72.9 Å². The molecule has 0 aromatic carbocycles. The molecule has 0 saturated heterocycles. The summed E-state index contributed by atoms with van der Waals surface area (Å²) < 4.78 is 16.9. The van der Waals surface area contributed by atoms with E-state index in [1.807, 2.05) is 0 Å². The number of hydrogen-bond acceptors (Lipinski definition) is 6. The van der Waals surface area contributed by atoms with Crippen molar-refractivity contribution in [3.05, 3.63) is 72.9 Å². The molecule has 0 amide bonds. The van der Waals surface area contributed by atoms with Crippen LogP contribution >= 0.6 is 0 Å². The average Bonchev–Trinajstić information content (AvgIpc) is 3.44. The normalized spacial score (nSPS) is 12.5. The Kier molecular flexibility index (Phi) is 63.7. The van der Waals surface area contributed by atoms with Gasteiger partial charge in [-0.05, 0) is 70.6 Å². The lowest BCUT2D eigenvalue weighted by atomic mass is 10.0. The van der Waals surface area contributed by atoms with E-state index in [1.54, 1.807) is 0 Å². The summed E-state index contributed by atoms with van der Waals surface area (Å²) in [6, 6.07) is 0. The number of carbonyl (C=O) groups is 3. The molecule has 0 saturated carbocycles. The molecule has 78 heavy (non-hydrogen) atoms.